The molecule has 0 unspecified atom stereocenters. The first-order valence-electron chi connectivity index (χ1n) is 4.14. The highest BCUT2D eigenvalue weighted by Gasteiger charge is 2.27. The normalized spacial score (nSPS) is 29.5. The number of aromatic nitrogens is 2. The second-order valence-electron chi connectivity index (χ2n) is 3.30. The molecular formula is C8H13N3O. The lowest BCUT2D eigenvalue weighted by atomic mass is 10.0. The van der Waals surface area contributed by atoms with E-state index in [1.165, 1.54) is 0 Å². The van der Waals surface area contributed by atoms with Gasteiger partial charge in [0.05, 0.1) is 18.1 Å². The minimum Gasteiger partial charge on any atom is -0.391 e. The first-order chi connectivity index (χ1) is 5.77. The van der Waals surface area contributed by atoms with E-state index in [-0.39, 0.29) is 12.0 Å². The number of rotatable bonds is 1. The highest BCUT2D eigenvalue weighted by Crippen LogP contribution is 2.20. The van der Waals surface area contributed by atoms with Gasteiger partial charge >= 0.3 is 0 Å². The zero-order valence-corrected chi connectivity index (χ0v) is 7.07. The minimum absolute atomic E-state index is 0.172. The Balaban J connectivity index is 2.19. The Labute approximate surface area is 71.2 Å². The van der Waals surface area contributed by atoms with E-state index in [9.17, 15) is 5.11 Å². The lowest BCUT2D eigenvalue weighted by Crippen LogP contribution is -2.16. The second-order valence-corrected chi connectivity index (χ2v) is 3.30. The van der Waals surface area contributed by atoms with Crippen LogP contribution < -0.4 is 5.32 Å². The fraction of sp³-hybridized carbons (Fsp3) is 0.625. The Kier molecular flexibility index (Phi) is 1.86. The number of imidazole rings is 1. The molecule has 2 N–H and O–H groups in total. The molecule has 0 amide bonds. The van der Waals surface area contributed by atoms with Gasteiger partial charge in [-0.2, -0.15) is 0 Å². The van der Waals surface area contributed by atoms with Gasteiger partial charge in [-0.25, -0.2) is 4.98 Å². The molecule has 0 aromatic carbocycles. The van der Waals surface area contributed by atoms with Crippen molar-refractivity contribution in [1.82, 2.24) is 14.9 Å². The monoisotopic (exact) mass is 167 g/mol. The molecule has 1 saturated heterocycles. The lowest BCUT2D eigenvalue weighted by Gasteiger charge is -2.08. The third kappa shape index (κ3) is 1.23. The molecular weight excluding hydrogens is 154 g/mol. The average molecular weight is 167 g/mol. The van der Waals surface area contributed by atoms with Gasteiger partial charge in [0.2, 0.25) is 0 Å². The van der Waals surface area contributed by atoms with Gasteiger partial charge in [-0.3, -0.25) is 0 Å². The number of nitrogens with one attached hydrogen (secondary N) is 1. The minimum atomic E-state index is -0.278. The van der Waals surface area contributed by atoms with Crippen molar-refractivity contribution in [1.29, 1.82) is 0 Å². The van der Waals surface area contributed by atoms with E-state index in [0.29, 0.717) is 6.54 Å². The Morgan fingerprint density at radius 3 is 3.00 bits per heavy atom. The topological polar surface area (TPSA) is 50.1 Å². The summed E-state index contributed by atoms with van der Waals surface area (Å²) >= 11 is 0. The summed E-state index contributed by atoms with van der Waals surface area (Å²) in [6, 6.07) is 0. The van der Waals surface area contributed by atoms with Gasteiger partial charge in [0, 0.05) is 32.3 Å². The molecule has 66 valence electrons. The first kappa shape index (κ1) is 7.76. The number of aliphatic hydroxyl groups excluding tert-OH is 1. The molecule has 2 heterocycles. The maximum absolute atomic E-state index is 9.54. The molecule has 0 spiro atoms. The zero-order valence-electron chi connectivity index (χ0n) is 7.07. The summed E-state index contributed by atoms with van der Waals surface area (Å²) in [5, 5.41) is 12.7. The fourth-order valence-electron chi connectivity index (χ4n) is 1.59. The second kappa shape index (κ2) is 2.88. The third-order valence-corrected chi connectivity index (χ3v) is 2.29. The van der Waals surface area contributed by atoms with E-state index in [4.69, 9.17) is 0 Å². The van der Waals surface area contributed by atoms with E-state index >= 15 is 0 Å². The summed E-state index contributed by atoms with van der Waals surface area (Å²) < 4.78 is 1.90. The smallest absolute Gasteiger partial charge is 0.0946 e. The van der Waals surface area contributed by atoms with E-state index < -0.39 is 0 Å². The third-order valence-electron chi connectivity index (χ3n) is 2.29. The predicted octanol–water partition coefficient (Wildman–Crippen LogP) is -0.532. The van der Waals surface area contributed by atoms with Gasteiger partial charge < -0.3 is 15.0 Å². The molecule has 4 nitrogen and oxygen atoms in total. The molecule has 12 heavy (non-hydrogen) atoms. The van der Waals surface area contributed by atoms with Crippen LogP contribution in [-0.4, -0.2) is 33.9 Å². The highest BCUT2D eigenvalue weighted by molar-refractivity contribution is 5.10. The maximum atomic E-state index is 9.54. The molecule has 1 aromatic rings. The Hall–Kier alpha value is -0.870. The molecule has 1 aromatic heterocycles. The average Bonchev–Trinajstić information content (AvgIpc) is 2.58. The van der Waals surface area contributed by atoms with Crippen molar-refractivity contribution in [2.45, 2.75) is 12.0 Å². The molecule has 4 heteroatoms. The quantitative estimate of drug-likeness (QED) is 0.591. The molecule has 1 aliphatic rings. The molecule has 1 fully saturated rings. The van der Waals surface area contributed by atoms with Gasteiger partial charge in [0.15, 0.2) is 0 Å². The zero-order chi connectivity index (χ0) is 8.55. The van der Waals surface area contributed by atoms with Crippen molar-refractivity contribution in [2.24, 2.45) is 7.05 Å². The summed E-state index contributed by atoms with van der Waals surface area (Å²) in [5.74, 6) is 0.172. The standard InChI is InChI=1S/C8H13N3O/c1-11-4-7(10-5-11)6-2-9-3-8(6)12/h4-6,8-9,12H,2-3H2,1H3/t6-,8+/m0/s1. The number of nitrogens with zero attached hydrogens (tertiary/aromatic N) is 2. The van der Waals surface area contributed by atoms with Crippen LogP contribution >= 0.6 is 0 Å². The SMILES string of the molecule is Cn1cnc([C@@H]2CNC[C@H]2O)c1. The highest BCUT2D eigenvalue weighted by atomic mass is 16.3. The van der Waals surface area contributed by atoms with Crippen LogP contribution in [0.15, 0.2) is 12.5 Å². The van der Waals surface area contributed by atoms with Gasteiger partial charge in [-0.05, 0) is 0 Å². The van der Waals surface area contributed by atoms with Crippen molar-refractivity contribution in [3.05, 3.63) is 18.2 Å². The van der Waals surface area contributed by atoms with Crippen LogP contribution in [0.4, 0.5) is 0 Å². The molecule has 2 atom stereocenters. The number of aliphatic hydroxyl groups is 1. The van der Waals surface area contributed by atoms with Crippen LogP contribution in [0.25, 0.3) is 0 Å². The Morgan fingerprint density at radius 2 is 2.50 bits per heavy atom. The van der Waals surface area contributed by atoms with Gasteiger partial charge in [0.1, 0.15) is 0 Å². The van der Waals surface area contributed by atoms with Crippen LogP contribution in [0, 0.1) is 0 Å². The molecule has 0 bridgehead atoms. The largest absolute Gasteiger partial charge is 0.391 e. The number of aryl methyl sites for hydroxylation is 1. The summed E-state index contributed by atoms with van der Waals surface area (Å²) in [5.41, 5.74) is 0.981. The van der Waals surface area contributed by atoms with Gasteiger partial charge in [-0.1, -0.05) is 0 Å². The first-order valence-corrected chi connectivity index (χ1v) is 4.14. The molecule has 0 aliphatic carbocycles. The van der Waals surface area contributed by atoms with Crippen LogP contribution in [0.5, 0.6) is 0 Å². The van der Waals surface area contributed by atoms with Crippen molar-refractivity contribution >= 4 is 0 Å². The molecule has 0 saturated carbocycles. The lowest BCUT2D eigenvalue weighted by molar-refractivity contribution is 0.176. The van der Waals surface area contributed by atoms with Crippen LogP contribution in [0.1, 0.15) is 11.6 Å². The van der Waals surface area contributed by atoms with E-state index in [2.05, 4.69) is 10.3 Å². The van der Waals surface area contributed by atoms with Gasteiger partial charge in [0.25, 0.3) is 0 Å². The summed E-state index contributed by atoms with van der Waals surface area (Å²) in [7, 11) is 1.94. The molecule has 2 rings (SSSR count). The maximum Gasteiger partial charge on any atom is 0.0946 e. The predicted molar refractivity (Wildman–Crippen MR) is 44.8 cm³/mol. The van der Waals surface area contributed by atoms with E-state index in [1.807, 2.05) is 17.8 Å². The Bertz CT molecular complexity index is 271. The van der Waals surface area contributed by atoms with Crippen LogP contribution in [-0.2, 0) is 7.05 Å². The summed E-state index contributed by atoms with van der Waals surface area (Å²) in [6.07, 6.45) is 3.45. The van der Waals surface area contributed by atoms with Crippen molar-refractivity contribution in [2.75, 3.05) is 13.1 Å². The van der Waals surface area contributed by atoms with Gasteiger partial charge in [-0.15, -0.1) is 0 Å². The van der Waals surface area contributed by atoms with Crippen LogP contribution in [0.2, 0.25) is 0 Å². The number of β-amino-alcohol motifs (C(OH)–C–C–N with tert-alkyl or cyclic N) is 1. The van der Waals surface area contributed by atoms with E-state index in [1.54, 1.807) is 6.33 Å². The fourth-order valence-corrected chi connectivity index (χ4v) is 1.59. The number of hydrogen-bond acceptors (Lipinski definition) is 3. The summed E-state index contributed by atoms with van der Waals surface area (Å²) in [6.45, 7) is 1.51. The Morgan fingerprint density at radius 1 is 1.67 bits per heavy atom. The molecule has 1 aliphatic heterocycles. The summed E-state index contributed by atoms with van der Waals surface area (Å²) in [4.78, 5) is 4.21. The number of hydrogen-bond donors (Lipinski definition) is 2. The van der Waals surface area contributed by atoms with Crippen LogP contribution in [0.3, 0.4) is 0 Å². The van der Waals surface area contributed by atoms with Crippen molar-refractivity contribution in [3.8, 4) is 0 Å². The van der Waals surface area contributed by atoms with E-state index in [0.717, 1.165) is 12.2 Å². The van der Waals surface area contributed by atoms with Crippen molar-refractivity contribution in [3.63, 3.8) is 0 Å². The molecule has 0 radical (unpaired) electrons. The van der Waals surface area contributed by atoms with Crippen molar-refractivity contribution < 1.29 is 5.11 Å².